The van der Waals surface area contributed by atoms with E-state index in [2.05, 4.69) is 5.32 Å². The van der Waals surface area contributed by atoms with Crippen LogP contribution >= 0.6 is 11.6 Å². The summed E-state index contributed by atoms with van der Waals surface area (Å²) in [7, 11) is 2.96. The molecule has 0 saturated carbocycles. The van der Waals surface area contributed by atoms with Crippen molar-refractivity contribution in [1.82, 2.24) is 0 Å². The van der Waals surface area contributed by atoms with Crippen LogP contribution in [0.15, 0.2) is 36.4 Å². The van der Waals surface area contributed by atoms with Crippen LogP contribution in [0.1, 0.15) is 11.1 Å². The number of rotatable bonds is 5. The number of halogens is 4. The number of carbonyl (C=O) groups is 1. The number of nitrogens with one attached hydrogen (secondary N) is 1. The van der Waals surface area contributed by atoms with Crippen LogP contribution in [-0.4, -0.2) is 20.1 Å². The minimum Gasteiger partial charge on any atom is -0.493 e. The smallest absolute Gasteiger partial charge is 0.417 e. The van der Waals surface area contributed by atoms with Crippen molar-refractivity contribution in [2.45, 2.75) is 12.6 Å². The van der Waals surface area contributed by atoms with Crippen LogP contribution in [0, 0.1) is 0 Å². The monoisotopic (exact) mass is 373 g/mol. The fourth-order valence-corrected chi connectivity index (χ4v) is 2.43. The van der Waals surface area contributed by atoms with E-state index in [1.165, 1.54) is 20.3 Å². The van der Waals surface area contributed by atoms with E-state index in [-0.39, 0.29) is 12.1 Å². The number of carbonyl (C=O) groups excluding carboxylic acids is 1. The summed E-state index contributed by atoms with van der Waals surface area (Å²) in [5.41, 5.74) is -0.361. The van der Waals surface area contributed by atoms with Gasteiger partial charge in [-0.3, -0.25) is 4.79 Å². The molecule has 2 aromatic carbocycles. The third-order valence-corrected chi connectivity index (χ3v) is 3.70. The Morgan fingerprint density at radius 1 is 1.08 bits per heavy atom. The SMILES string of the molecule is COc1ccc(CC(=O)Nc2ccc(Cl)c(C(F)(F)F)c2)cc1OC. The molecule has 0 aliphatic rings. The van der Waals surface area contributed by atoms with Crippen LogP contribution in [0.2, 0.25) is 5.02 Å². The summed E-state index contributed by atoms with van der Waals surface area (Å²) in [6.45, 7) is 0. The molecule has 1 N–H and O–H groups in total. The molecule has 2 rings (SSSR count). The number of hydrogen-bond donors (Lipinski definition) is 1. The highest BCUT2D eigenvalue weighted by atomic mass is 35.5. The minimum atomic E-state index is -4.60. The van der Waals surface area contributed by atoms with Gasteiger partial charge in [0.1, 0.15) is 0 Å². The zero-order valence-electron chi connectivity index (χ0n) is 13.4. The van der Waals surface area contributed by atoms with Gasteiger partial charge < -0.3 is 14.8 Å². The topological polar surface area (TPSA) is 47.6 Å². The fraction of sp³-hybridized carbons (Fsp3) is 0.235. The molecule has 2 aromatic rings. The van der Waals surface area contributed by atoms with Crippen molar-refractivity contribution < 1.29 is 27.4 Å². The van der Waals surface area contributed by atoms with Gasteiger partial charge in [-0.2, -0.15) is 13.2 Å². The van der Waals surface area contributed by atoms with Gasteiger partial charge in [-0.15, -0.1) is 0 Å². The maximum Gasteiger partial charge on any atom is 0.417 e. The summed E-state index contributed by atoms with van der Waals surface area (Å²) in [6, 6.07) is 8.15. The molecular weight excluding hydrogens is 359 g/mol. The Bertz CT molecular complexity index is 778. The normalized spacial score (nSPS) is 11.1. The molecule has 0 fully saturated rings. The highest BCUT2D eigenvalue weighted by Gasteiger charge is 2.33. The summed E-state index contributed by atoms with van der Waals surface area (Å²) < 4.78 is 48.8. The molecule has 0 aliphatic carbocycles. The molecule has 0 aliphatic heterocycles. The highest BCUT2D eigenvalue weighted by Crippen LogP contribution is 2.36. The van der Waals surface area contributed by atoms with Gasteiger partial charge in [0.2, 0.25) is 5.91 Å². The molecule has 0 unspecified atom stereocenters. The zero-order chi connectivity index (χ0) is 18.6. The quantitative estimate of drug-likeness (QED) is 0.836. The molecule has 134 valence electrons. The lowest BCUT2D eigenvalue weighted by Gasteiger charge is -2.12. The molecular formula is C17H15ClF3NO3. The van der Waals surface area contributed by atoms with E-state index < -0.39 is 22.7 Å². The summed E-state index contributed by atoms with van der Waals surface area (Å²) in [6.07, 6.45) is -4.63. The second-order valence-corrected chi connectivity index (χ2v) is 5.51. The van der Waals surface area contributed by atoms with E-state index in [4.69, 9.17) is 21.1 Å². The van der Waals surface area contributed by atoms with Crippen molar-refractivity contribution in [2.24, 2.45) is 0 Å². The van der Waals surface area contributed by atoms with Crippen molar-refractivity contribution >= 4 is 23.2 Å². The Balaban J connectivity index is 2.13. The van der Waals surface area contributed by atoms with Gasteiger partial charge in [-0.05, 0) is 35.9 Å². The summed E-state index contributed by atoms with van der Waals surface area (Å²) >= 11 is 5.55. The van der Waals surface area contributed by atoms with Crippen molar-refractivity contribution in [3.05, 3.63) is 52.5 Å². The van der Waals surface area contributed by atoms with Gasteiger partial charge in [0.15, 0.2) is 11.5 Å². The second kappa shape index (κ2) is 7.65. The summed E-state index contributed by atoms with van der Waals surface area (Å²) in [4.78, 5) is 12.1. The van der Waals surface area contributed by atoms with Crippen LogP contribution in [0.25, 0.3) is 0 Å². The van der Waals surface area contributed by atoms with E-state index >= 15 is 0 Å². The molecule has 0 saturated heterocycles. The van der Waals surface area contributed by atoms with E-state index in [0.717, 1.165) is 12.1 Å². The average molecular weight is 374 g/mol. The molecule has 0 aromatic heterocycles. The predicted octanol–water partition coefficient (Wildman–Crippen LogP) is 4.56. The standard InChI is InChI=1S/C17H15ClF3NO3/c1-24-14-6-3-10(7-15(14)25-2)8-16(23)22-11-4-5-13(18)12(9-11)17(19,20)21/h3-7,9H,8H2,1-2H3,(H,22,23). The van der Waals surface area contributed by atoms with Crippen LogP contribution in [0.3, 0.4) is 0 Å². The lowest BCUT2D eigenvalue weighted by molar-refractivity contribution is -0.137. The Hall–Kier alpha value is -2.41. The van der Waals surface area contributed by atoms with E-state index in [1.54, 1.807) is 18.2 Å². The van der Waals surface area contributed by atoms with E-state index in [1.807, 2.05) is 0 Å². The van der Waals surface area contributed by atoms with Crippen molar-refractivity contribution in [2.75, 3.05) is 19.5 Å². The first-order chi connectivity index (χ1) is 11.7. The van der Waals surface area contributed by atoms with Crippen LogP contribution in [0.5, 0.6) is 11.5 Å². The van der Waals surface area contributed by atoms with Crippen LogP contribution in [0.4, 0.5) is 18.9 Å². The summed E-state index contributed by atoms with van der Waals surface area (Å²) in [5, 5.41) is 2.00. The third kappa shape index (κ3) is 4.79. The molecule has 8 heteroatoms. The van der Waals surface area contributed by atoms with E-state index in [0.29, 0.717) is 17.1 Å². The van der Waals surface area contributed by atoms with Crippen molar-refractivity contribution in [3.63, 3.8) is 0 Å². The van der Waals surface area contributed by atoms with Gasteiger partial charge in [0, 0.05) is 5.69 Å². The number of ether oxygens (including phenoxy) is 2. The minimum absolute atomic E-state index is 0.0159. The number of benzene rings is 2. The number of methoxy groups -OCH3 is 2. The van der Waals surface area contributed by atoms with Gasteiger partial charge in [0.25, 0.3) is 0 Å². The Morgan fingerprint density at radius 2 is 1.76 bits per heavy atom. The van der Waals surface area contributed by atoms with Gasteiger partial charge in [-0.1, -0.05) is 17.7 Å². The number of anilines is 1. The first kappa shape index (κ1) is 18.9. The maximum absolute atomic E-state index is 12.8. The van der Waals surface area contributed by atoms with E-state index in [9.17, 15) is 18.0 Å². The number of alkyl halides is 3. The van der Waals surface area contributed by atoms with Crippen LogP contribution < -0.4 is 14.8 Å². The fourth-order valence-electron chi connectivity index (χ4n) is 2.20. The van der Waals surface area contributed by atoms with Gasteiger partial charge >= 0.3 is 6.18 Å². The molecule has 0 atom stereocenters. The Labute approximate surface area is 147 Å². The zero-order valence-corrected chi connectivity index (χ0v) is 14.2. The summed E-state index contributed by atoms with van der Waals surface area (Å²) in [5.74, 6) is 0.500. The maximum atomic E-state index is 12.8. The molecule has 1 amide bonds. The van der Waals surface area contributed by atoms with Crippen LogP contribution in [-0.2, 0) is 17.4 Å². The Morgan fingerprint density at radius 3 is 2.36 bits per heavy atom. The molecule has 4 nitrogen and oxygen atoms in total. The molecule has 0 bridgehead atoms. The van der Waals surface area contributed by atoms with Gasteiger partial charge in [0.05, 0.1) is 31.2 Å². The van der Waals surface area contributed by atoms with Crippen molar-refractivity contribution in [3.8, 4) is 11.5 Å². The lowest BCUT2D eigenvalue weighted by atomic mass is 10.1. The highest BCUT2D eigenvalue weighted by molar-refractivity contribution is 6.31. The number of amides is 1. The molecule has 0 spiro atoms. The van der Waals surface area contributed by atoms with Crippen molar-refractivity contribution in [1.29, 1.82) is 0 Å². The first-order valence-electron chi connectivity index (χ1n) is 7.12. The molecule has 0 radical (unpaired) electrons. The largest absolute Gasteiger partial charge is 0.493 e. The first-order valence-corrected chi connectivity index (χ1v) is 7.50. The third-order valence-electron chi connectivity index (χ3n) is 3.37. The Kier molecular flexibility index (Phi) is 5.79. The average Bonchev–Trinajstić information content (AvgIpc) is 2.55. The van der Waals surface area contributed by atoms with Gasteiger partial charge in [-0.25, -0.2) is 0 Å². The molecule has 25 heavy (non-hydrogen) atoms. The number of hydrogen-bond acceptors (Lipinski definition) is 3. The predicted molar refractivity (Wildman–Crippen MR) is 88.3 cm³/mol. The molecule has 0 heterocycles. The second-order valence-electron chi connectivity index (χ2n) is 5.11. The lowest BCUT2D eigenvalue weighted by Crippen LogP contribution is -2.15.